The average molecular weight is 280 g/mol. The Morgan fingerprint density at radius 2 is 2.05 bits per heavy atom. The van der Waals surface area contributed by atoms with Gasteiger partial charge in [0.15, 0.2) is 10.9 Å². The van der Waals surface area contributed by atoms with Crippen LogP contribution in [0.1, 0.15) is 16.1 Å². The molecule has 0 fully saturated rings. The van der Waals surface area contributed by atoms with Gasteiger partial charge in [-0.15, -0.1) is 0 Å². The van der Waals surface area contributed by atoms with Gasteiger partial charge in [0.25, 0.3) is 0 Å². The molecule has 0 aliphatic carbocycles. The quantitative estimate of drug-likeness (QED) is 0.203. The molecule has 8 nitrogen and oxygen atoms in total. The number of rotatable bonds is 4. The van der Waals surface area contributed by atoms with E-state index in [2.05, 4.69) is 9.97 Å². The molecule has 0 bridgehead atoms. The van der Waals surface area contributed by atoms with Gasteiger partial charge in [0.1, 0.15) is 11.6 Å². The second-order valence-corrected chi connectivity index (χ2v) is 4.48. The molecule has 7 N–H and O–H groups in total. The summed E-state index contributed by atoms with van der Waals surface area (Å²) in [4.78, 5) is 19.4. The van der Waals surface area contributed by atoms with E-state index in [-0.39, 0.29) is 5.76 Å². The van der Waals surface area contributed by atoms with Crippen LogP contribution in [0.3, 0.4) is 0 Å². The molecule has 0 saturated heterocycles. The largest absolute Gasteiger partial charge is 0.459 e. The third kappa shape index (κ3) is 3.14. The minimum atomic E-state index is -0.492. The maximum Gasteiger partial charge on any atom is 0.301 e. The first-order chi connectivity index (χ1) is 9.10. The molecular formula is C10H12N6O2S. The molecule has 0 radical (unpaired) electrons. The van der Waals surface area contributed by atoms with Gasteiger partial charge in [0.05, 0.1) is 6.26 Å². The molecule has 1 amide bonds. The summed E-state index contributed by atoms with van der Waals surface area (Å²) in [5.74, 6) is 5.74. The van der Waals surface area contributed by atoms with Gasteiger partial charge in [-0.3, -0.25) is 10.2 Å². The van der Waals surface area contributed by atoms with E-state index < -0.39 is 5.91 Å². The number of nitrogens with zero attached hydrogens (tertiary/aromatic N) is 2. The molecule has 2 heterocycles. The van der Waals surface area contributed by atoms with Gasteiger partial charge in [-0.25, -0.2) is 15.8 Å². The molecule has 0 saturated carbocycles. The first-order valence-electron chi connectivity index (χ1n) is 5.20. The van der Waals surface area contributed by atoms with Crippen molar-refractivity contribution in [2.75, 3.05) is 11.5 Å². The Labute approximate surface area is 112 Å². The standard InChI is InChI=1S/C10H12N6O2S/c11-6-3-7(12)15-10(14-6)19-4-5-1-2-18-8(5)9(17)16-13/h1-3H,4,13H2,(H,16,17)(H4,11,12,14,15). The van der Waals surface area contributed by atoms with Crippen LogP contribution in [0.2, 0.25) is 0 Å². The number of amides is 1. The van der Waals surface area contributed by atoms with Crippen LogP contribution in [0, 0.1) is 0 Å². The van der Waals surface area contributed by atoms with Crippen LogP contribution >= 0.6 is 11.8 Å². The molecule has 0 atom stereocenters. The van der Waals surface area contributed by atoms with Crippen molar-refractivity contribution in [3.05, 3.63) is 29.7 Å². The maximum atomic E-state index is 11.4. The molecule has 0 aliphatic rings. The van der Waals surface area contributed by atoms with Gasteiger partial charge in [-0.2, -0.15) is 0 Å². The van der Waals surface area contributed by atoms with E-state index in [0.717, 1.165) is 0 Å². The lowest BCUT2D eigenvalue weighted by Crippen LogP contribution is -2.30. The lowest BCUT2D eigenvalue weighted by Gasteiger charge is -2.03. The Balaban J connectivity index is 2.10. The number of thioether (sulfide) groups is 1. The maximum absolute atomic E-state index is 11.4. The monoisotopic (exact) mass is 280 g/mol. The number of anilines is 2. The average Bonchev–Trinajstić information content (AvgIpc) is 2.82. The van der Waals surface area contributed by atoms with Crippen molar-refractivity contribution in [1.82, 2.24) is 15.4 Å². The fourth-order valence-electron chi connectivity index (χ4n) is 1.38. The van der Waals surface area contributed by atoms with Crippen LogP contribution in [0.25, 0.3) is 0 Å². The van der Waals surface area contributed by atoms with Crippen molar-refractivity contribution in [1.29, 1.82) is 0 Å². The van der Waals surface area contributed by atoms with Gasteiger partial charge in [0, 0.05) is 17.4 Å². The summed E-state index contributed by atoms with van der Waals surface area (Å²) in [5.41, 5.74) is 13.8. The van der Waals surface area contributed by atoms with Crippen LogP contribution in [0.15, 0.2) is 28.0 Å². The fraction of sp³-hybridized carbons (Fsp3) is 0.100. The first kappa shape index (κ1) is 13.2. The van der Waals surface area contributed by atoms with Crippen LogP contribution < -0.4 is 22.7 Å². The minimum Gasteiger partial charge on any atom is -0.459 e. The predicted molar refractivity (Wildman–Crippen MR) is 70.8 cm³/mol. The summed E-state index contributed by atoms with van der Waals surface area (Å²) in [5, 5.41) is 0.429. The number of aromatic nitrogens is 2. The molecule has 2 aromatic heterocycles. The molecular weight excluding hydrogens is 268 g/mol. The Kier molecular flexibility index (Phi) is 3.88. The number of carbonyl (C=O) groups is 1. The number of carbonyl (C=O) groups excluding carboxylic acids is 1. The van der Waals surface area contributed by atoms with Gasteiger partial charge in [-0.05, 0) is 6.07 Å². The van der Waals surface area contributed by atoms with E-state index in [4.69, 9.17) is 21.7 Å². The highest BCUT2D eigenvalue weighted by molar-refractivity contribution is 7.98. The normalized spacial score (nSPS) is 10.4. The molecule has 2 rings (SSSR count). The van der Waals surface area contributed by atoms with Gasteiger partial charge >= 0.3 is 5.91 Å². The van der Waals surface area contributed by atoms with Crippen molar-refractivity contribution < 1.29 is 9.21 Å². The van der Waals surface area contributed by atoms with Crippen molar-refractivity contribution in [3.8, 4) is 0 Å². The molecule has 0 unspecified atom stereocenters. The number of nitrogen functional groups attached to an aromatic ring is 3. The van der Waals surface area contributed by atoms with E-state index in [1.807, 2.05) is 5.43 Å². The van der Waals surface area contributed by atoms with E-state index in [9.17, 15) is 4.79 Å². The Hall–Kier alpha value is -2.26. The lowest BCUT2D eigenvalue weighted by atomic mass is 10.3. The molecule has 9 heteroatoms. The van der Waals surface area contributed by atoms with E-state index in [1.165, 1.54) is 24.1 Å². The zero-order valence-corrected chi connectivity index (χ0v) is 10.6. The third-order valence-corrected chi connectivity index (χ3v) is 3.08. The van der Waals surface area contributed by atoms with Crippen LogP contribution in [-0.4, -0.2) is 15.9 Å². The van der Waals surface area contributed by atoms with Crippen molar-refractivity contribution in [2.24, 2.45) is 5.84 Å². The summed E-state index contributed by atoms with van der Waals surface area (Å²) in [6.07, 6.45) is 1.41. The fourth-order valence-corrected chi connectivity index (χ4v) is 2.23. The first-order valence-corrected chi connectivity index (χ1v) is 6.19. The topological polar surface area (TPSA) is 146 Å². The van der Waals surface area contributed by atoms with Crippen molar-refractivity contribution >= 4 is 29.3 Å². The number of nitrogens with one attached hydrogen (secondary N) is 1. The molecule has 0 aromatic carbocycles. The predicted octanol–water partition coefficient (Wildman–Crippen LogP) is 0.130. The minimum absolute atomic E-state index is 0.159. The lowest BCUT2D eigenvalue weighted by molar-refractivity contribution is 0.0925. The second kappa shape index (κ2) is 5.59. The molecule has 100 valence electrons. The molecule has 0 spiro atoms. The summed E-state index contributed by atoms with van der Waals surface area (Å²) in [6, 6.07) is 3.14. The van der Waals surface area contributed by atoms with Gasteiger partial charge < -0.3 is 15.9 Å². The van der Waals surface area contributed by atoms with Crippen LogP contribution in [0.4, 0.5) is 11.6 Å². The summed E-state index contributed by atoms with van der Waals surface area (Å²) in [6.45, 7) is 0. The smallest absolute Gasteiger partial charge is 0.301 e. The summed E-state index contributed by atoms with van der Waals surface area (Å²) in [7, 11) is 0. The second-order valence-electron chi connectivity index (χ2n) is 3.54. The van der Waals surface area contributed by atoms with E-state index in [0.29, 0.717) is 28.1 Å². The Bertz CT molecular complexity index is 579. The van der Waals surface area contributed by atoms with E-state index in [1.54, 1.807) is 6.07 Å². The molecule has 0 aliphatic heterocycles. The van der Waals surface area contributed by atoms with Gasteiger partial charge in [-0.1, -0.05) is 11.8 Å². The zero-order chi connectivity index (χ0) is 13.8. The SMILES string of the molecule is NNC(=O)c1occc1CSc1nc(N)cc(N)n1. The highest BCUT2D eigenvalue weighted by atomic mass is 32.2. The Morgan fingerprint density at radius 1 is 1.37 bits per heavy atom. The van der Waals surface area contributed by atoms with Gasteiger partial charge in [0.2, 0.25) is 0 Å². The number of nitrogens with two attached hydrogens (primary N) is 3. The van der Waals surface area contributed by atoms with E-state index >= 15 is 0 Å². The zero-order valence-electron chi connectivity index (χ0n) is 9.79. The molecule has 19 heavy (non-hydrogen) atoms. The Morgan fingerprint density at radius 3 is 2.68 bits per heavy atom. The number of furan rings is 1. The number of hydrogen-bond donors (Lipinski definition) is 4. The van der Waals surface area contributed by atoms with Crippen molar-refractivity contribution in [3.63, 3.8) is 0 Å². The number of hydrazine groups is 1. The summed E-state index contributed by atoms with van der Waals surface area (Å²) < 4.78 is 5.06. The third-order valence-electron chi connectivity index (χ3n) is 2.19. The van der Waals surface area contributed by atoms with Crippen LogP contribution in [0.5, 0.6) is 0 Å². The highest BCUT2D eigenvalue weighted by Gasteiger charge is 2.14. The van der Waals surface area contributed by atoms with Crippen molar-refractivity contribution in [2.45, 2.75) is 10.9 Å². The number of hydrogen-bond acceptors (Lipinski definition) is 8. The summed E-state index contributed by atoms with van der Waals surface area (Å²) >= 11 is 1.29. The van der Waals surface area contributed by atoms with Crippen LogP contribution in [-0.2, 0) is 5.75 Å². The molecule has 2 aromatic rings. The highest BCUT2D eigenvalue weighted by Crippen LogP contribution is 2.23.